The summed E-state index contributed by atoms with van der Waals surface area (Å²) in [6.07, 6.45) is 4.78. The van der Waals surface area contributed by atoms with Gasteiger partial charge in [-0.1, -0.05) is 0 Å². The van der Waals surface area contributed by atoms with E-state index in [1.807, 2.05) is 0 Å². The standard InChI is InChI=1S/C11H22N2O2/c12-11(9-14)4-2-5-13(8-11)7-10-3-1-6-15-10/h10,14H,1-9,12H2. The van der Waals surface area contributed by atoms with E-state index in [9.17, 15) is 5.11 Å². The predicted octanol–water partition coefficient (Wildman–Crippen LogP) is -0.0490. The lowest BCUT2D eigenvalue weighted by Gasteiger charge is -2.39. The smallest absolute Gasteiger partial charge is 0.0702 e. The highest BCUT2D eigenvalue weighted by Crippen LogP contribution is 2.21. The molecular weight excluding hydrogens is 192 g/mol. The number of rotatable bonds is 3. The van der Waals surface area contributed by atoms with E-state index in [4.69, 9.17) is 10.5 Å². The molecule has 2 rings (SSSR count). The normalized spacial score (nSPS) is 38.4. The van der Waals surface area contributed by atoms with Crippen molar-refractivity contribution < 1.29 is 9.84 Å². The van der Waals surface area contributed by atoms with Crippen molar-refractivity contribution >= 4 is 0 Å². The molecule has 0 bridgehead atoms. The fraction of sp³-hybridized carbons (Fsp3) is 1.00. The van der Waals surface area contributed by atoms with Crippen LogP contribution >= 0.6 is 0 Å². The van der Waals surface area contributed by atoms with Crippen molar-refractivity contribution in [1.29, 1.82) is 0 Å². The molecular formula is C11H22N2O2. The Kier molecular flexibility index (Phi) is 3.61. The van der Waals surface area contributed by atoms with Crippen LogP contribution in [0, 0.1) is 0 Å². The summed E-state index contributed by atoms with van der Waals surface area (Å²) in [7, 11) is 0. The average molecular weight is 214 g/mol. The maximum atomic E-state index is 9.25. The van der Waals surface area contributed by atoms with Crippen molar-refractivity contribution in [1.82, 2.24) is 4.90 Å². The molecule has 4 nitrogen and oxygen atoms in total. The first-order valence-electron chi connectivity index (χ1n) is 5.96. The molecule has 2 atom stereocenters. The van der Waals surface area contributed by atoms with Gasteiger partial charge in [-0.3, -0.25) is 4.90 Å². The molecule has 0 aliphatic carbocycles. The van der Waals surface area contributed by atoms with Crippen molar-refractivity contribution in [3.63, 3.8) is 0 Å². The van der Waals surface area contributed by atoms with Crippen molar-refractivity contribution in [2.24, 2.45) is 5.73 Å². The van der Waals surface area contributed by atoms with E-state index in [1.165, 1.54) is 12.8 Å². The van der Waals surface area contributed by atoms with Gasteiger partial charge in [0.05, 0.1) is 18.2 Å². The molecule has 0 aromatic carbocycles. The second-order valence-electron chi connectivity index (χ2n) is 4.99. The highest BCUT2D eigenvalue weighted by Gasteiger charge is 2.32. The third kappa shape index (κ3) is 2.91. The number of likely N-dealkylation sites (tertiary alicyclic amines) is 1. The number of piperidine rings is 1. The lowest BCUT2D eigenvalue weighted by atomic mass is 9.91. The number of nitrogens with two attached hydrogens (primary N) is 1. The Hall–Kier alpha value is -0.160. The Labute approximate surface area is 91.4 Å². The third-order valence-electron chi connectivity index (χ3n) is 3.49. The molecule has 0 amide bonds. The average Bonchev–Trinajstić information content (AvgIpc) is 2.71. The van der Waals surface area contributed by atoms with Gasteiger partial charge in [0.25, 0.3) is 0 Å². The van der Waals surface area contributed by atoms with E-state index in [2.05, 4.69) is 4.90 Å². The molecule has 2 aliphatic heterocycles. The zero-order valence-corrected chi connectivity index (χ0v) is 9.32. The van der Waals surface area contributed by atoms with Gasteiger partial charge in [-0.25, -0.2) is 0 Å². The molecule has 0 aromatic heterocycles. The maximum Gasteiger partial charge on any atom is 0.0702 e. The topological polar surface area (TPSA) is 58.7 Å². The molecule has 0 saturated carbocycles. The van der Waals surface area contributed by atoms with Crippen LogP contribution in [0.5, 0.6) is 0 Å². The summed E-state index contributed by atoms with van der Waals surface area (Å²) in [6, 6.07) is 0. The molecule has 2 aliphatic rings. The number of ether oxygens (including phenoxy) is 1. The van der Waals surface area contributed by atoms with Gasteiger partial charge in [0.1, 0.15) is 0 Å². The Morgan fingerprint density at radius 3 is 3.00 bits per heavy atom. The summed E-state index contributed by atoms with van der Waals surface area (Å²) < 4.78 is 5.61. The first-order chi connectivity index (χ1) is 7.22. The van der Waals surface area contributed by atoms with Gasteiger partial charge < -0.3 is 15.6 Å². The van der Waals surface area contributed by atoms with E-state index in [1.54, 1.807) is 0 Å². The fourth-order valence-electron chi connectivity index (χ4n) is 2.62. The quantitative estimate of drug-likeness (QED) is 0.691. The van der Waals surface area contributed by atoms with Gasteiger partial charge in [0.2, 0.25) is 0 Å². The van der Waals surface area contributed by atoms with E-state index in [0.717, 1.165) is 39.1 Å². The maximum absolute atomic E-state index is 9.25. The lowest BCUT2D eigenvalue weighted by Crippen LogP contribution is -2.57. The molecule has 88 valence electrons. The minimum atomic E-state index is -0.378. The minimum Gasteiger partial charge on any atom is -0.394 e. The predicted molar refractivity (Wildman–Crippen MR) is 58.7 cm³/mol. The van der Waals surface area contributed by atoms with Crippen LogP contribution in [0.1, 0.15) is 25.7 Å². The minimum absolute atomic E-state index is 0.0923. The number of hydrogen-bond acceptors (Lipinski definition) is 4. The van der Waals surface area contributed by atoms with Crippen molar-refractivity contribution in [2.45, 2.75) is 37.3 Å². The number of hydrogen-bond donors (Lipinski definition) is 2. The molecule has 0 aromatic rings. The summed E-state index contributed by atoms with van der Waals surface area (Å²) in [4.78, 5) is 2.34. The van der Waals surface area contributed by atoms with Gasteiger partial charge in [-0.05, 0) is 32.2 Å². The van der Waals surface area contributed by atoms with Crippen LogP contribution in [0.25, 0.3) is 0 Å². The van der Waals surface area contributed by atoms with E-state index in [-0.39, 0.29) is 12.1 Å². The molecule has 2 unspecified atom stereocenters. The highest BCUT2D eigenvalue weighted by atomic mass is 16.5. The second-order valence-corrected chi connectivity index (χ2v) is 4.99. The monoisotopic (exact) mass is 214 g/mol. The molecule has 3 N–H and O–H groups in total. The zero-order valence-electron chi connectivity index (χ0n) is 9.32. The Bertz CT molecular complexity index is 207. The zero-order chi connectivity index (χ0) is 10.7. The van der Waals surface area contributed by atoms with Crippen LogP contribution in [-0.2, 0) is 4.74 Å². The Balaban J connectivity index is 1.81. The molecule has 15 heavy (non-hydrogen) atoms. The van der Waals surface area contributed by atoms with Gasteiger partial charge >= 0.3 is 0 Å². The molecule has 4 heteroatoms. The summed E-state index contributed by atoms with van der Waals surface area (Å²) in [6.45, 7) is 3.89. The second kappa shape index (κ2) is 4.78. The molecule has 0 radical (unpaired) electrons. The Morgan fingerprint density at radius 1 is 1.47 bits per heavy atom. The summed E-state index contributed by atoms with van der Waals surface area (Å²) >= 11 is 0. The molecule has 2 fully saturated rings. The van der Waals surface area contributed by atoms with Crippen LogP contribution < -0.4 is 5.73 Å². The summed E-state index contributed by atoms with van der Waals surface area (Å²) in [5, 5.41) is 9.25. The summed E-state index contributed by atoms with van der Waals surface area (Å²) in [5.74, 6) is 0. The van der Waals surface area contributed by atoms with Gasteiger partial charge in [0, 0.05) is 19.7 Å². The Morgan fingerprint density at radius 2 is 2.33 bits per heavy atom. The third-order valence-corrected chi connectivity index (χ3v) is 3.49. The first kappa shape index (κ1) is 11.3. The number of aliphatic hydroxyl groups excluding tert-OH is 1. The molecule has 2 saturated heterocycles. The van der Waals surface area contributed by atoms with Crippen molar-refractivity contribution in [3.05, 3.63) is 0 Å². The van der Waals surface area contributed by atoms with Gasteiger partial charge in [0.15, 0.2) is 0 Å². The van der Waals surface area contributed by atoms with E-state index >= 15 is 0 Å². The van der Waals surface area contributed by atoms with Crippen molar-refractivity contribution in [3.8, 4) is 0 Å². The lowest BCUT2D eigenvalue weighted by molar-refractivity contribution is 0.0383. The molecule has 0 spiro atoms. The highest BCUT2D eigenvalue weighted by molar-refractivity contribution is 4.91. The van der Waals surface area contributed by atoms with Crippen LogP contribution in [0.4, 0.5) is 0 Å². The van der Waals surface area contributed by atoms with E-state index in [0.29, 0.717) is 6.10 Å². The van der Waals surface area contributed by atoms with Gasteiger partial charge in [-0.15, -0.1) is 0 Å². The van der Waals surface area contributed by atoms with Crippen LogP contribution in [0.2, 0.25) is 0 Å². The molecule has 2 heterocycles. The summed E-state index contributed by atoms with van der Waals surface area (Å²) in [5.41, 5.74) is 5.71. The van der Waals surface area contributed by atoms with Gasteiger partial charge in [-0.2, -0.15) is 0 Å². The van der Waals surface area contributed by atoms with Crippen LogP contribution in [0.3, 0.4) is 0 Å². The van der Waals surface area contributed by atoms with E-state index < -0.39 is 0 Å². The van der Waals surface area contributed by atoms with Crippen LogP contribution in [0.15, 0.2) is 0 Å². The number of nitrogens with zero attached hydrogens (tertiary/aromatic N) is 1. The largest absolute Gasteiger partial charge is 0.394 e. The van der Waals surface area contributed by atoms with Crippen molar-refractivity contribution in [2.75, 3.05) is 32.8 Å². The fourth-order valence-corrected chi connectivity index (χ4v) is 2.62. The SMILES string of the molecule is NC1(CO)CCCN(CC2CCCO2)C1. The number of aliphatic hydroxyl groups is 1. The van der Waals surface area contributed by atoms with Crippen LogP contribution in [-0.4, -0.2) is 54.5 Å². The first-order valence-corrected chi connectivity index (χ1v) is 5.96.